The van der Waals surface area contributed by atoms with Gasteiger partial charge in [-0.1, -0.05) is 23.4 Å². The first-order valence-electron chi connectivity index (χ1n) is 9.43. The number of oxime groups is 1. The molecule has 1 aromatic heterocycles. The summed E-state index contributed by atoms with van der Waals surface area (Å²) in [6.07, 6.45) is 10.8. The van der Waals surface area contributed by atoms with Crippen LogP contribution in [0.25, 0.3) is 0 Å². The number of hydrogen-bond donors (Lipinski definition) is 3. The van der Waals surface area contributed by atoms with Crippen LogP contribution in [0.15, 0.2) is 63.9 Å². The van der Waals surface area contributed by atoms with Crippen LogP contribution in [-0.2, 0) is 9.63 Å². The van der Waals surface area contributed by atoms with E-state index in [2.05, 4.69) is 20.4 Å². The molecule has 8 nitrogen and oxygen atoms in total. The molecule has 2 aliphatic carbocycles. The third-order valence-electron chi connectivity index (χ3n) is 4.81. The van der Waals surface area contributed by atoms with Gasteiger partial charge in [0.1, 0.15) is 6.10 Å². The molecule has 1 saturated carbocycles. The molecule has 1 amide bonds. The minimum atomic E-state index is -2.93. The SMILES string of the molecule is O=C(Nc1cnccn1)C(=NOC1CCCC1)c1ccc(S(O)(O)C2=CC2)cc1. The lowest BCUT2D eigenvalue weighted by atomic mass is 10.1. The molecule has 0 spiro atoms. The molecule has 1 fully saturated rings. The van der Waals surface area contributed by atoms with Crippen LogP contribution in [0, 0.1) is 0 Å². The number of carbonyl (C=O) groups is 1. The minimum Gasteiger partial charge on any atom is -0.392 e. The Morgan fingerprint density at radius 1 is 1.17 bits per heavy atom. The number of allylic oxidation sites excluding steroid dienone is 2. The van der Waals surface area contributed by atoms with Gasteiger partial charge in [-0.2, -0.15) is 0 Å². The Hall–Kier alpha value is -2.75. The van der Waals surface area contributed by atoms with Crippen LogP contribution in [0.5, 0.6) is 0 Å². The van der Waals surface area contributed by atoms with Gasteiger partial charge in [0.2, 0.25) is 0 Å². The second kappa shape index (κ2) is 8.32. The van der Waals surface area contributed by atoms with Gasteiger partial charge in [-0.05, 0) is 37.8 Å². The molecule has 0 aliphatic heterocycles. The Kier molecular flexibility index (Phi) is 5.61. The zero-order valence-electron chi connectivity index (χ0n) is 15.7. The van der Waals surface area contributed by atoms with E-state index in [4.69, 9.17) is 4.84 Å². The van der Waals surface area contributed by atoms with Gasteiger partial charge in [-0.25, -0.2) is 4.98 Å². The Morgan fingerprint density at radius 3 is 2.52 bits per heavy atom. The Morgan fingerprint density at radius 2 is 1.90 bits per heavy atom. The zero-order valence-corrected chi connectivity index (χ0v) is 16.5. The van der Waals surface area contributed by atoms with E-state index in [-0.39, 0.29) is 11.8 Å². The number of rotatable bonds is 7. The standard InChI is InChI=1S/C20H22N4O4S/c25-20(23-18-13-21-11-12-22-18)19(24-28-15-3-1-2-4-15)14-5-7-16(8-6-14)29(26,27)17-9-10-17/h5-9,11-13,15,26-27H,1-4,10H2,(H,22,23,25). The molecule has 152 valence electrons. The lowest BCUT2D eigenvalue weighted by molar-refractivity contribution is -0.110. The van der Waals surface area contributed by atoms with Crippen molar-refractivity contribution in [2.75, 3.05) is 5.32 Å². The number of anilines is 1. The first-order chi connectivity index (χ1) is 14.0. The van der Waals surface area contributed by atoms with Gasteiger partial charge < -0.3 is 10.2 Å². The Labute approximate surface area is 170 Å². The molecule has 2 aliphatic rings. The summed E-state index contributed by atoms with van der Waals surface area (Å²) in [5.74, 6) is -0.176. The van der Waals surface area contributed by atoms with Crippen LogP contribution in [-0.4, -0.2) is 36.8 Å². The molecule has 0 saturated heterocycles. The van der Waals surface area contributed by atoms with E-state index in [0.29, 0.717) is 27.6 Å². The molecular weight excluding hydrogens is 392 g/mol. The molecule has 0 atom stereocenters. The highest BCUT2D eigenvalue weighted by atomic mass is 32.3. The number of hydrogen-bond acceptors (Lipinski definition) is 7. The topological polar surface area (TPSA) is 117 Å². The normalized spacial score (nSPS) is 17.6. The van der Waals surface area contributed by atoms with Crippen molar-refractivity contribution < 1.29 is 18.7 Å². The van der Waals surface area contributed by atoms with Crippen LogP contribution < -0.4 is 5.32 Å². The van der Waals surface area contributed by atoms with E-state index in [0.717, 1.165) is 25.7 Å². The van der Waals surface area contributed by atoms with Crippen molar-refractivity contribution in [2.45, 2.75) is 43.1 Å². The largest absolute Gasteiger partial charge is 0.392 e. The monoisotopic (exact) mass is 414 g/mol. The molecule has 1 heterocycles. The van der Waals surface area contributed by atoms with Crippen molar-refractivity contribution in [1.29, 1.82) is 0 Å². The fraction of sp³-hybridized carbons (Fsp3) is 0.300. The highest BCUT2D eigenvalue weighted by molar-refractivity contribution is 8.27. The molecule has 29 heavy (non-hydrogen) atoms. The maximum absolute atomic E-state index is 12.8. The van der Waals surface area contributed by atoms with Crippen molar-refractivity contribution in [3.63, 3.8) is 0 Å². The third-order valence-corrected chi connectivity index (χ3v) is 6.80. The zero-order chi connectivity index (χ0) is 20.3. The van der Waals surface area contributed by atoms with E-state index in [1.165, 1.54) is 18.6 Å². The second-order valence-electron chi connectivity index (χ2n) is 6.94. The summed E-state index contributed by atoms with van der Waals surface area (Å²) in [4.78, 5) is 27.5. The predicted octanol–water partition coefficient (Wildman–Crippen LogP) is 4.18. The van der Waals surface area contributed by atoms with Gasteiger partial charge in [-0.15, -0.1) is 10.6 Å². The van der Waals surface area contributed by atoms with Gasteiger partial charge in [0, 0.05) is 29.3 Å². The molecule has 3 N–H and O–H groups in total. The fourth-order valence-corrected chi connectivity index (χ4v) is 4.48. The summed E-state index contributed by atoms with van der Waals surface area (Å²) in [6.45, 7) is 0. The number of carbonyl (C=O) groups excluding carboxylic acids is 1. The van der Waals surface area contributed by atoms with E-state index in [9.17, 15) is 13.9 Å². The smallest absolute Gasteiger partial charge is 0.279 e. The summed E-state index contributed by atoms with van der Waals surface area (Å²) >= 11 is 0. The van der Waals surface area contributed by atoms with Crippen LogP contribution in [0.4, 0.5) is 5.82 Å². The summed E-state index contributed by atoms with van der Waals surface area (Å²) in [6, 6.07) is 6.48. The molecule has 4 rings (SSSR count). The number of aromatic nitrogens is 2. The summed E-state index contributed by atoms with van der Waals surface area (Å²) in [5, 5.41) is 6.80. The predicted molar refractivity (Wildman–Crippen MR) is 111 cm³/mol. The molecule has 9 heteroatoms. The van der Waals surface area contributed by atoms with Crippen LogP contribution in [0.1, 0.15) is 37.7 Å². The minimum absolute atomic E-state index is 0.00220. The maximum Gasteiger partial charge on any atom is 0.279 e. The molecular formula is C20H22N4O4S. The first-order valence-corrected chi connectivity index (χ1v) is 11.0. The lowest BCUT2D eigenvalue weighted by Crippen LogP contribution is -2.25. The average Bonchev–Trinajstić information content (AvgIpc) is 3.47. The number of nitrogens with zero attached hydrogens (tertiary/aromatic N) is 3. The van der Waals surface area contributed by atoms with Gasteiger partial charge in [0.15, 0.2) is 11.5 Å². The van der Waals surface area contributed by atoms with Gasteiger partial charge in [0.25, 0.3) is 5.91 Å². The van der Waals surface area contributed by atoms with E-state index < -0.39 is 16.5 Å². The highest BCUT2D eigenvalue weighted by Gasteiger charge is 2.27. The molecule has 1 aromatic carbocycles. The van der Waals surface area contributed by atoms with Gasteiger partial charge in [-0.3, -0.25) is 18.9 Å². The second-order valence-corrected chi connectivity index (χ2v) is 9.04. The third kappa shape index (κ3) is 4.64. The lowest BCUT2D eigenvalue weighted by Gasteiger charge is -2.30. The van der Waals surface area contributed by atoms with Crippen LogP contribution in [0.2, 0.25) is 0 Å². The fourth-order valence-electron chi connectivity index (χ4n) is 3.11. The number of nitrogens with one attached hydrogen (secondary N) is 1. The molecule has 0 unspecified atom stereocenters. The summed E-state index contributed by atoms with van der Waals surface area (Å²) < 4.78 is 20.7. The number of benzene rings is 1. The van der Waals surface area contributed by atoms with Crippen molar-refractivity contribution in [2.24, 2.45) is 5.16 Å². The van der Waals surface area contributed by atoms with Gasteiger partial charge in [0.05, 0.1) is 11.1 Å². The maximum atomic E-state index is 12.8. The highest BCUT2D eigenvalue weighted by Crippen LogP contribution is 2.61. The van der Waals surface area contributed by atoms with E-state index in [1.807, 2.05) is 0 Å². The Balaban J connectivity index is 1.57. The van der Waals surface area contributed by atoms with Crippen molar-refractivity contribution >= 4 is 28.0 Å². The average molecular weight is 414 g/mol. The van der Waals surface area contributed by atoms with E-state index in [1.54, 1.807) is 30.3 Å². The van der Waals surface area contributed by atoms with Crippen molar-refractivity contribution in [1.82, 2.24) is 9.97 Å². The number of amides is 1. The summed E-state index contributed by atoms with van der Waals surface area (Å²) in [7, 11) is -2.93. The van der Waals surface area contributed by atoms with Crippen molar-refractivity contribution in [3.8, 4) is 0 Å². The molecule has 0 bridgehead atoms. The molecule has 0 radical (unpaired) electrons. The summed E-state index contributed by atoms with van der Waals surface area (Å²) in [5.41, 5.74) is 0.601. The van der Waals surface area contributed by atoms with Crippen LogP contribution in [0.3, 0.4) is 0 Å². The van der Waals surface area contributed by atoms with Crippen molar-refractivity contribution in [3.05, 3.63) is 59.4 Å². The van der Waals surface area contributed by atoms with Gasteiger partial charge >= 0.3 is 0 Å². The Bertz CT molecular complexity index is 939. The van der Waals surface area contributed by atoms with E-state index >= 15 is 0 Å². The first kappa shape index (κ1) is 19.6. The van der Waals surface area contributed by atoms with Crippen LogP contribution >= 0.6 is 10.6 Å². The quantitative estimate of drug-likeness (QED) is 0.462. The molecule has 2 aromatic rings.